The molecule has 0 radical (unpaired) electrons. The van der Waals surface area contributed by atoms with Crippen molar-refractivity contribution in [2.75, 3.05) is 6.54 Å². The van der Waals surface area contributed by atoms with Crippen LogP contribution < -0.4 is 11.1 Å². The van der Waals surface area contributed by atoms with Gasteiger partial charge in [0.05, 0.1) is 29.1 Å². The lowest BCUT2D eigenvalue weighted by molar-refractivity contribution is -0.117. The van der Waals surface area contributed by atoms with Crippen LogP contribution in [0.1, 0.15) is 22.3 Å². The Labute approximate surface area is 167 Å². The van der Waals surface area contributed by atoms with E-state index in [1.807, 2.05) is 36.4 Å². The van der Waals surface area contributed by atoms with Gasteiger partial charge in [0.1, 0.15) is 0 Å². The van der Waals surface area contributed by atoms with Gasteiger partial charge in [-0.25, -0.2) is 0 Å². The van der Waals surface area contributed by atoms with Crippen LogP contribution in [0.5, 0.6) is 0 Å². The molecule has 142 valence electrons. The highest BCUT2D eigenvalue weighted by molar-refractivity contribution is 6.30. The second kappa shape index (κ2) is 10.5. The van der Waals surface area contributed by atoms with Crippen molar-refractivity contribution in [2.24, 2.45) is 5.73 Å². The molecule has 0 spiro atoms. The molecule has 0 aliphatic rings. The van der Waals surface area contributed by atoms with E-state index in [-0.39, 0.29) is 18.9 Å². The van der Waals surface area contributed by atoms with Crippen molar-refractivity contribution in [1.82, 2.24) is 15.5 Å². The summed E-state index contributed by atoms with van der Waals surface area (Å²) >= 11 is 5.54. The average molecular weight is 396 g/mol. The van der Waals surface area contributed by atoms with E-state index in [9.17, 15) is 9.59 Å². The van der Waals surface area contributed by atoms with Gasteiger partial charge in [0.25, 0.3) is 5.91 Å². The molecule has 0 fully saturated rings. The lowest BCUT2D eigenvalue weighted by Crippen LogP contribution is -2.27. The zero-order chi connectivity index (χ0) is 20.4. The number of hydrogen-bond acceptors (Lipinski definition) is 4. The smallest absolute Gasteiger partial charge is 0.255 e. The van der Waals surface area contributed by atoms with Crippen molar-refractivity contribution in [3.63, 3.8) is 0 Å². The number of halogens is 1. The van der Waals surface area contributed by atoms with E-state index in [4.69, 9.17) is 22.6 Å². The molecule has 8 heteroatoms. The number of aromatic amines is 1. The summed E-state index contributed by atoms with van der Waals surface area (Å²) in [7, 11) is 0. The van der Waals surface area contributed by atoms with Crippen LogP contribution in [0.3, 0.4) is 0 Å². The number of benzene rings is 2. The molecule has 28 heavy (non-hydrogen) atoms. The Hall–Kier alpha value is -3.63. The zero-order valence-corrected chi connectivity index (χ0v) is 15.6. The van der Waals surface area contributed by atoms with Gasteiger partial charge >= 0.3 is 0 Å². The molecule has 0 atom stereocenters. The number of H-pyrrole nitrogens is 1. The highest BCUT2D eigenvalue weighted by Gasteiger charge is 2.15. The second-order valence-corrected chi connectivity index (χ2v) is 6.05. The Morgan fingerprint density at radius 3 is 2.36 bits per heavy atom. The van der Waals surface area contributed by atoms with E-state index >= 15 is 0 Å². The number of carbonyl (C=O) groups is 2. The monoisotopic (exact) mass is 395 g/mol. The maximum atomic E-state index is 12.0. The summed E-state index contributed by atoms with van der Waals surface area (Å²) in [6.07, 6.45) is 1.49. The molecule has 3 rings (SSSR count). The number of aromatic nitrogens is 2. The van der Waals surface area contributed by atoms with Crippen LogP contribution in [0.4, 0.5) is 0 Å². The summed E-state index contributed by atoms with van der Waals surface area (Å²) < 4.78 is 0. The molecule has 0 aliphatic carbocycles. The van der Waals surface area contributed by atoms with Crippen molar-refractivity contribution in [3.8, 4) is 17.3 Å². The topological polar surface area (TPSA) is 125 Å². The van der Waals surface area contributed by atoms with E-state index in [0.717, 1.165) is 10.6 Å². The molecule has 2 aromatic carbocycles. The third kappa shape index (κ3) is 6.27. The van der Waals surface area contributed by atoms with Gasteiger partial charge in [-0.05, 0) is 24.3 Å². The number of nitrogens with two attached hydrogens (primary N) is 1. The first-order chi connectivity index (χ1) is 13.5. The van der Waals surface area contributed by atoms with Gasteiger partial charge in [-0.15, -0.1) is 0 Å². The third-order valence-corrected chi connectivity index (χ3v) is 3.83. The van der Waals surface area contributed by atoms with Crippen molar-refractivity contribution in [2.45, 2.75) is 6.42 Å². The lowest BCUT2D eigenvalue weighted by Gasteiger charge is -2.05. The summed E-state index contributed by atoms with van der Waals surface area (Å²) in [6.45, 7) is 0.173. The van der Waals surface area contributed by atoms with Gasteiger partial charge in [-0.3, -0.25) is 14.7 Å². The second-order valence-electron chi connectivity index (χ2n) is 5.62. The fraction of sp³-hybridized carbons (Fsp3) is 0.100. The molecule has 0 saturated heterocycles. The quantitative estimate of drug-likeness (QED) is 0.614. The number of rotatable bonds is 5. The molecule has 3 aromatic rings. The fourth-order valence-electron chi connectivity index (χ4n) is 2.20. The third-order valence-electron chi connectivity index (χ3n) is 3.58. The maximum absolute atomic E-state index is 12.0. The molecule has 0 bridgehead atoms. The Bertz CT molecular complexity index is 962. The summed E-state index contributed by atoms with van der Waals surface area (Å²) in [5.74, 6) is -0.820. The number of nitrogens with one attached hydrogen (secondary N) is 2. The predicted octanol–water partition coefficient (Wildman–Crippen LogP) is 2.89. The molecule has 4 N–H and O–H groups in total. The highest BCUT2D eigenvalue weighted by Crippen LogP contribution is 2.21. The minimum atomic E-state index is -0.477. The van der Waals surface area contributed by atoms with Crippen molar-refractivity contribution < 1.29 is 9.59 Å². The van der Waals surface area contributed by atoms with Crippen LogP contribution in [0.15, 0.2) is 60.8 Å². The van der Waals surface area contributed by atoms with E-state index in [1.165, 1.54) is 6.20 Å². The summed E-state index contributed by atoms with van der Waals surface area (Å²) in [5, 5.41) is 18.8. The zero-order valence-electron chi connectivity index (χ0n) is 14.9. The first kappa shape index (κ1) is 20.7. The minimum Gasteiger partial charge on any atom is -0.370 e. The van der Waals surface area contributed by atoms with Crippen LogP contribution in [0, 0.1) is 11.3 Å². The van der Waals surface area contributed by atoms with E-state index in [0.29, 0.717) is 16.8 Å². The first-order valence-electron chi connectivity index (χ1n) is 8.32. The van der Waals surface area contributed by atoms with Crippen LogP contribution >= 0.6 is 11.6 Å². The SMILES string of the molecule is Clc1ccccc1.N#Cc1ccc(-c2[nH]ncc2C(=O)NCCC(N)=O)cc1. The van der Waals surface area contributed by atoms with Gasteiger partial charge in [-0.2, -0.15) is 10.4 Å². The largest absolute Gasteiger partial charge is 0.370 e. The van der Waals surface area contributed by atoms with Crippen LogP contribution in [-0.2, 0) is 4.79 Å². The molecule has 2 amide bonds. The summed E-state index contributed by atoms with van der Waals surface area (Å²) in [4.78, 5) is 22.7. The molecule has 0 saturated carbocycles. The Morgan fingerprint density at radius 1 is 1.14 bits per heavy atom. The number of nitrogens with zero attached hydrogens (tertiary/aromatic N) is 2. The van der Waals surface area contributed by atoms with Crippen LogP contribution in [0.25, 0.3) is 11.3 Å². The number of nitriles is 1. The lowest BCUT2D eigenvalue weighted by atomic mass is 10.1. The number of hydrogen-bond donors (Lipinski definition) is 3. The standard InChI is InChI=1S/C14H13N5O2.C6H5Cl/c15-7-9-1-3-10(4-2-9)13-11(8-18-19-13)14(21)17-6-5-12(16)20;7-6-4-2-1-3-5-6/h1-4,8H,5-6H2,(H2,16,20)(H,17,21)(H,18,19);1-5H. The van der Waals surface area contributed by atoms with Crippen molar-refractivity contribution in [3.05, 3.63) is 76.9 Å². The van der Waals surface area contributed by atoms with E-state index in [2.05, 4.69) is 15.5 Å². The fourth-order valence-corrected chi connectivity index (χ4v) is 2.34. The molecular weight excluding hydrogens is 378 g/mol. The van der Waals surface area contributed by atoms with Gasteiger partial charge < -0.3 is 11.1 Å². The van der Waals surface area contributed by atoms with Gasteiger partial charge in [0, 0.05) is 23.6 Å². The Balaban J connectivity index is 0.000000336. The van der Waals surface area contributed by atoms with Crippen LogP contribution in [0.2, 0.25) is 5.02 Å². The number of primary amides is 1. The Morgan fingerprint density at radius 2 is 1.82 bits per heavy atom. The average Bonchev–Trinajstić information content (AvgIpc) is 3.19. The minimum absolute atomic E-state index is 0.0792. The van der Waals surface area contributed by atoms with Gasteiger partial charge in [-0.1, -0.05) is 41.9 Å². The molecule has 7 nitrogen and oxygen atoms in total. The Kier molecular flexibility index (Phi) is 7.76. The summed E-state index contributed by atoms with van der Waals surface area (Å²) in [6, 6.07) is 18.2. The molecule has 1 heterocycles. The highest BCUT2D eigenvalue weighted by atomic mass is 35.5. The summed E-state index contributed by atoms with van der Waals surface area (Å²) in [5.41, 5.74) is 7.20. The molecular formula is C20H18ClN5O2. The first-order valence-corrected chi connectivity index (χ1v) is 8.70. The molecule has 0 aliphatic heterocycles. The van der Waals surface area contributed by atoms with E-state index < -0.39 is 5.91 Å². The van der Waals surface area contributed by atoms with Crippen molar-refractivity contribution >= 4 is 23.4 Å². The van der Waals surface area contributed by atoms with Gasteiger partial charge in [0.15, 0.2) is 0 Å². The molecule has 1 aromatic heterocycles. The maximum Gasteiger partial charge on any atom is 0.255 e. The molecule has 0 unspecified atom stereocenters. The van der Waals surface area contributed by atoms with Crippen molar-refractivity contribution in [1.29, 1.82) is 5.26 Å². The number of carbonyl (C=O) groups excluding carboxylic acids is 2. The van der Waals surface area contributed by atoms with Crippen LogP contribution in [-0.4, -0.2) is 28.6 Å². The van der Waals surface area contributed by atoms with E-state index in [1.54, 1.807) is 24.3 Å². The number of amides is 2. The predicted molar refractivity (Wildman–Crippen MR) is 106 cm³/mol. The van der Waals surface area contributed by atoms with Gasteiger partial charge in [0.2, 0.25) is 5.91 Å². The normalized spacial score (nSPS) is 9.57.